The van der Waals surface area contributed by atoms with Crippen molar-refractivity contribution in [3.8, 4) is 5.75 Å². The van der Waals surface area contributed by atoms with Crippen LogP contribution < -0.4 is 0 Å². The van der Waals surface area contributed by atoms with Crippen molar-refractivity contribution in [3.05, 3.63) is 65.2 Å². The van der Waals surface area contributed by atoms with Gasteiger partial charge in [0.25, 0.3) is 0 Å². The minimum atomic E-state index is 0.0838. The summed E-state index contributed by atoms with van der Waals surface area (Å²) in [6.45, 7) is 0. The minimum absolute atomic E-state index is 0.0838. The Morgan fingerprint density at radius 1 is 1.00 bits per heavy atom. The third kappa shape index (κ3) is 2.08. The van der Waals surface area contributed by atoms with Gasteiger partial charge in [-0.1, -0.05) is 41.6 Å². The first-order valence-electron chi connectivity index (χ1n) is 6.39. The first-order chi connectivity index (χ1) is 9.29. The number of hydrogen-bond donors (Lipinski definition) is 2. The first kappa shape index (κ1) is 11.8. The highest BCUT2D eigenvalue weighted by Gasteiger charge is 2.27. The summed E-state index contributed by atoms with van der Waals surface area (Å²) in [5, 5.41) is 22.2. The quantitative estimate of drug-likeness (QED) is 0.605. The van der Waals surface area contributed by atoms with Crippen LogP contribution >= 0.6 is 0 Å². The number of hydrogen-bond acceptors (Lipinski definition) is 3. The summed E-state index contributed by atoms with van der Waals surface area (Å²) in [7, 11) is 0. The van der Waals surface area contributed by atoms with Crippen molar-refractivity contribution >= 4 is 5.71 Å². The Labute approximate surface area is 111 Å². The van der Waals surface area contributed by atoms with Crippen molar-refractivity contribution in [3.63, 3.8) is 0 Å². The zero-order valence-electron chi connectivity index (χ0n) is 10.5. The second-order valence-corrected chi connectivity index (χ2v) is 4.83. The zero-order valence-corrected chi connectivity index (χ0v) is 10.5. The zero-order chi connectivity index (χ0) is 13.2. The number of oxime groups is 1. The van der Waals surface area contributed by atoms with Crippen LogP contribution in [0.4, 0.5) is 0 Å². The van der Waals surface area contributed by atoms with Crippen LogP contribution in [0.3, 0.4) is 0 Å². The lowest BCUT2D eigenvalue weighted by Crippen LogP contribution is -2.21. The van der Waals surface area contributed by atoms with Crippen LogP contribution in [0.25, 0.3) is 0 Å². The van der Waals surface area contributed by atoms with Crippen LogP contribution in [-0.2, 0) is 6.42 Å². The van der Waals surface area contributed by atoms with E-state index in [0.29, 0.717) is 5.71 Å². The molecule has 0 saturated carbocycles. The van der Waals surface area contributed by atoms with Gasteiger partial charge in [0.2, 0.25) is 0 Å². The van der Waals surface area contributed by atoms with Crippen molar-refractivity contribution in [2.45, 2.75) is 18.8 Å². The van der Waals surface area contributed by atoms with Gasteiger partial charge in [-0.15, -0.1) is 0 Å². The molecule has 1 aliphatic rings. The highest BCUT2D eigenvalue weighted by atomic mass is 16.4. The van der Waals surface area contributed by atoms with E-state index in [1.54, 1.807) is 12.1 Å². The van der Waals surface area contributed by atoms with Gasteiger partial charge >= 0.3 is 0 Å². The summed E-state index contributed by atoms with van der Waals surface area (Å²) in [4.78, 5) is 0. The largest absolute Gasteiger partial charge is 0.508 e. The van der Waals surface area contributed by atoms with E-state index < -0.39 is 0 Å². The molecule has 1 atom stereocenters. The molecule has 19 heavy (non-hydrogen) atoms. The minimum Gasteiger partial charge on any atom is -0.508 e. The van der Waals surface area contributed by atoms with E-state index in [9.17, 15) is 10.3 Å². The molecule has 0 radical (unpaired) electrons. The fourth-order valence-electron chi connectivity index (χ4n) is 2.77. The molecule has 2 aromatic rings. The Morgan fingerprint density at radius 2 is 1.74 bits per heavy atom. The summed E-state index contributed by atoms with van der Waals surface area (Å²) >= 11 is 0. The second-order valence-electron chi connectivity index (χ2n) is 4.83. The lowest BCUT2D eigenvalue weighted by molar-refractivity contribution is 0.316. The molecule has 0 spiro atoms. The van der Waals surface area contributed by atoms with E-state index in [-0.39, 0.29) is 11.7 Å². The third-order valence-corrected chi connectivity index (χ3v) is 3.73. The van der Waals surface area contributed by atoms with E-state index in [4.69, 9.17) is 0 Å². The van der Waals surface area contributed by atoms with E-state index in [1.165, 1.54) is 5.56 Å². The number of benzene rings is 2. The molecule has 0 fully saturated rings. The highest BCUT2D eigenvalue weighted by Crippen LogP contribution is 2.33. The fraction of sp³-hybridized carbons (Fsp3) is 0.188. The molecule has 3 heteroatoms. The lowest BCUT2D eigenvalue weighted by Gasteiger charge is -2.26. The normalized spacial score (nSPS) is 20.2. The SMILES string of the molecule is O/N=C1/c2ccccc2CC[C@@H]1c1ccc(O)cc1. The van der Waals surface area contributed by atoms with Crippen LogP contribution in [0, 0.1) is 0 Å². The predicted molar refractivity (Wildman–Crippen MR) is 73.9 cm³/mol. The van der Waals surface area contributed by atoms with Gasteiger partial charge in [0.05, 0.1) is 5.71 Å². The fourth-order valence-corrected chi connectivity index (χ4v) is 2.77. The number of aryl methyl sites for hydroxylation is 1. The molecule has 0 unspecified atom stereocenters. The van der Waals surface area contributed by atoms with Gasteiger partial charge in [-0.2, -0.15) is 0 Å². The second kappa shape index (κ2) is 4.76. The number of fused-ring (bicyclic) bond motifs is 1. The van der Waals surface area contributed by atoms with Crippen LogP contribution in [-0.4, -0.2) is 16.0 Å². The number of aromatic hydroxyl groups is 1. The average Bonchev–Trinajstić information content (AvgIpc) is 2.47. The lowest BCUT2D eigenvalue weighted by atomic mass is 9.78. The Bertz CT molecular complexity index is 617. The number of rotatable bonds is 1. The van der Waals surface area contributed by atoms with Gasteiger partial charge in [-0.25, -0.2) is 0 Å². The molecular formula is C16H15NO2. The molecular weight excluding hydrogens is 238 g/mol. The van der Waals surface area contributed by atoms with Gasteiger partial charge in [-0.05, 0) is 36.1 Å². The summed E-state index contributed by atoms with van der Waals surface area (Å²) < 4.78 is 0. The molecule has 2 aromatic carbocycles. The molecule has 0 saturated heterocycles. The third-order valence-electron chi connectivity index (χ3n) is 3.73. The van der Waals surface area contributed by atoms with Gasteiger partial charge in [0, 0.05) is 11.5 Å². The maximum Gasteiger partial charge on any atom is 0.115 e. The highest BCUT2D eigenvalue weighted by molar-refractivity contribution is 6.06. The van der Waals surface area contributed by atoms with Crippen LogP contribution in [0.1, 0.15) is 29.0 Å². The molecule has 1 aliphatic carbocycles. The van der Waals surface area contributed by atoms with Crippen molar-refractivity contribution in [1.29, 1.82) is 0 Å². The molecule has 0 amide bonds. The summed E-state index contributed by atoms with van der Waals surface area (Å²) in [6.07, 6.45) is 1.89. The molecule has 0 aromatic heterocycles. The maximum atomic E-state index is 9.36. The van der Waals surface area contributed by atoms with E-state index in [0.717, 1.165) is 24.0 Å². The van der Waals surface area contributed by atoms with Crippen molar-refractivity contribution in [1.82, 2.24) is 0 Å². The Balaban J connectivity index is 2.03. The van der Waals surface area contributed by atoms with Crippen LogP contribution in [0.5, 0.6) is 5.75 Å². The summed E-state index contributed by atoms with van der Waals surface area (Å²) in [6, 6.07) is 15.2. The average molecular weight is 253 g/mol. The Morgan fingerprint density at radius 3 is 2.47 bits per heavy atom. The topological polar surface area (TPSA) is 52.8 Å². The molecule has 0 heterocycles. The summed E-state index contributed by atoms with van der Waals surface area (Å²) in [5.74, 6) is 0.336. The maximum absolute atomic E-state index is 9.36. The molecule has 3 rings (SSSR count). The Hall–Kier alpha value is -2.29. The Kier molecular flexibility index (Phi) is 2.95. The molecule has 96 valence electrons. The van der Waals surface area contributed by atoms with Crippen molar-refractivity contribution < 1.29 is 10.3 Å². The van der Waals surface area contributed by atoms with E-state index in [2.05, 4.69) is 11.2 Å². The van der Waals surface area contributed by atoms with Crippen LogP contribution in [0.15, 0.2) is 53.7 Å². The van der Waals surface area contributed by atoms with Crippen LogP contribution in [0.2, 0.25) is 0 Å². The van der Waals surface area contributed by atoms with Gasteiger partial charge in [0.1, 0.15) is 5.75 Å². The van der Waals surface area contributed by atoms with Gasteiger partial charge in [-0.3, -0.25) is 0 Å². The summed E-state index contributed by atoms with van der Waals surface area (Å²) in [5.41, 5.74) is 4.03. The number of phenols is 1. The first-order valence-corrected chi connectivity index (χ1v) is 6.39. The number of nitrogens with zero attached hydrogens (tertiary/aromatic N) is 1. The predicted octanol–water partition coefficient (Wildman–Crippen LogP) is 3.30. The van der Waals surface area contributed by atoms with Crippen molar-refractivity contribution in [2.24, 2.45) is 5.16 Å². The smallest absolute Gasteiger partial charge is 0.115 e. The molecule has 0 bridgehead atoms. The van der Waals surface area contributed by atoms with Gasteiger partial charge in [0.15, 0.2) is 0 Å². The number of phenolic OH excluding ortho intramolecular Hbond substituents is 1. The molecule has 0 aliphatic heterocycles. The standard InChI is InChI=1S/C16H15NO2/c18-13-8-5-12(6-9-13)15-10-7-11-3-1-2-4-14(11)16(15)17-19/h1-6,8-9,15,18-19H,7,10H2/b17-16-/t15-/m1/s1. The van der Waals surface area contributed by atoms with E-state index in [1.807, 2.05) is 30.3 Å². The molecule has 2 N–H and O–H groups in total. The van der Waals surface area contributed by atoms with Crippen molar-refractivity contribution in [2.75, 3.05) is 0 Å². The van der Waals surface area contributed by atoms with Gasteiger partial charge < -0.3 is 10.3 Å². The molecule has 3 nitrogen and oxygen atoms in total. The van der Waals surface area contributed by atoms with E-state index >= 15 is 0 Å². The monoisotopic (exact) mass is 253 g/mol.